The summed E-state index contributed by atoms with van der Waals surface area (Å²) in [4.78, 5) is 0. The monoisotopic (exact) mass is 2010 g/mol. The number of ether oxygens (including phenoxy) is 6. The molecule has 0 spiro atoms. The summed E-state index contributed by atoms with van der Waals surface area (Å²) in [7, 11) is -0.270. The number of hydrogen-bond acceptors (Lipinski definition) is 8. The molecule has 10 unspecified atom stereocenters. The summed E-state index contributed by atoms with van der Waals surface area (Å²) < 4.78 is 43.3. The Hall–Kier alpha value is -4.30. The Morgan fingerprint density at radius 1 is 0.216 bits per heavy atom. The highest BCUT2D eigenvalue weighted by Gasteiger charge is 2.44. The van der Waals surface area contributed by atoms with E-state index in [1.165, 1.54) is 216 Å². The highest BCUT2D eigenvalue weighted by Crippen LogP contribution is 2.56. The van der Waals surface area contributed by atoms with Crippen LogP contribution in [0.4, 0.5) is 0 Å². The molecule has 139 heavy (non-hydrogen) atoms. The molecule has 12 heteroatoms. The summed E-state index contributed by atoms with van der Waals surface area (Å²) in [6, 6.07) is 29.1. The Kier molecular flexibility index (Phi) is 36.8. The SMILES string of the molecule is C=S1Cc2cc(C(C)(C)C)cc(C(C)(C)C)c2OC(C)(C)Oc2c(cc(C(C)(C)C)cc2C(C)(C)C)CS(=C)C2CCCCCCC21.C=S1Cc2cc(C(C)(C)C)cc(C(C)(C)C)c2OC(C)(C)Oc2c(cc(C(C)(C)C)cc2C(C)(C)C)CS(=C)C2CCCCCCC21.CC1(C)Oc2c(cc(C(C)(C)C)cc2C(C)(C)C)CSC2CCCCCCC2SCc2cc(C(C)(C)C)cc(C(C)(C)C)c2O1. The third-order valence-corrected chi connectivity index (χ3v) is 41.4. The topological polar surface area (TPSA) is 55.4 Å². The van der Waals surface area contributed by atoms with Crippen molar-refractivity contribution >= 4 is 88.9 Å². The number of benzene rings is 6. The van der Waals surface area contributed by atoms with Gasteiger partial charge in [0.25, 0.3) is 0 Å². The van der Waals surface area contributed by atoms with E-state index in [-0.39, 0.29) is 107 Å². The highest BCUT2D eigenvalue weighted by molar-refractivity contribution is 8.18. The van der Waals surface area contributed by atoms with Crippen molar-refractivity contribution in [1.82, 2.24) is 0 Å². The first-order valence-corrected chi connectivity index (χ1v) is 62.4. The lowest BCUT2D eigenvalue weighted by Crippen LogP contribution is -2.38. The molecular weight excluding hydrogens is 1810 g/mol. The van der Waals surface area contributed by atoms with Crippen LogP contribution in [0.15, 0.2) is 72.8 Å². The summed E-state index contributed by atoms with van der Waals surface area (Å²) in [5.41, 5.74) is 23.3. The van der Waals surface area contributed by atoms with Gasteiger partial charge in [-0.3, -0.25) is 0 Å². The van der Waals surface area contributed by atoms with Crippen molar-refractivity contribution in [3.8, 4) is 34.5 Å². The maximum absolute atomic E-state index is 7.24. The minimum absolute atomic E-state index is 0.0237. The average molecular weight is 2020 g/mol. The number of thioether (sulfide) groups is 2. The maximum atomic E-state index is 7.24. The number of rotatable bonds is 0. The van der Waals surface area contributed by atoms with Gasteiger partial charge in [0, 0.05) is 174 Å². The number of fused-ring (bicyclic) bond motifs is 9. The molecule has 0 radical (unpaired) electrons. The number of hydrogen-bond donors (Lipinski definition) is 0. The highest BCUT2D eigenvalue weighted by atomic mass is 32.2. The molecule has 12 rings (SSSR count). The quantitative estimate of drug-likeness (QED) is 0.140. The van der Waals surface area contributed by atoms with Gasteiger partial charge in [0.15, 0.2) is 0 Å². The Labute approximate surface area is 872 Å². The van der Waals surface area contributed by atoms with Crippen molar-refractivity contribution in [3.05, 3.63) is 173 Å². The van der Waals surface area contributed by atoms with Crippen molar-refractivity contribution in [2.75, 3.05) is 0 Å². The predicted molar refractivity (Wildman–Crippen MR) is 631 cm³/mol. The van der Waals surface area contributed by atoms with Crippen LogP contribution in [0.3, 0.4) is 0 Å². The van der Waals surface area contributed by atoms with E-state index >= 15 is 0 Å². The minimum Gasteiger partial charge on any atom is -0.452 e. The van der Waals surface area contributed by atoms with Crippen LogP contribution >= 0.6 is 65.5 Å². The lowest BCUT2D eigenvalue weighted by Gasteiger charge is -2.36. The first-order chi connectivity index (χ1) is 63.3. The van der Waals surface area contributed by atoms with E-state index in [1.54, 1.807) is 0 Å². The zero-order chi connectivity index (χ0) is 104. The predicted octanol–water partition coefficient (Wildman–Crippen LogP) is 37.8. The Morgan fingerprint density at radius 2 is 0.367 bits per heavy atom. The van der Waals surface area contributed by atoms with Gasteiger partial charge in [-0.25, -0.2) is 0 Å². The van der Waals surface area contributed by atoms with Gasteiger partial charge in [0.2, 0.25) is 17.4 Å². The summed E-state index contributed by atoms with van der Waals surface area (Å²) in [5.74, 6) is 29.1. The fourth-order valence-electron chi connectivity index (χ4n) is 20.8. The van der Waals surface area contributed by atoms with Crippen molar-refractivity contribution in [2.45, 2.75) is 555 Å². The van der Waals surface area contributed by atoms with Gasteiger partial charge < -0.3 is 28.4 Å². The standard InChI is InChI=1S/2C43H68O2S2.C41H64O2S2/c2*1-39(2,3)31-23-29-27-46(15)35-21-19-17-18-20-22-36(35)47(16)28-30-24-32(40(4,5)6)26-34(42(10,11)12)38(30)45-43(13,14)44-37(29)33(25-31)41(7,8)9;1-37(2,3)29-21-27-25-44-33-19-17-15-16-18-20-34(33)45-26-28-22-30(38(4,5)6)24-32(40(10,11)12)36(28)43-41(13,14)42-35(27)31(23-29)39(7,8)9/h2*23-26,35-36H,15-22,27-28H2,1-14H3;21-24,33-34H,15-20,25-26H2,1-14H3. The molecule has 780 valence electrons. The lowest BCUT2D eigenvalue weighted by molar-refractivity contribution is -0.0842. The maximum Gasteiger partial charge on any atom is 0.245 e. The van der Waals surface area contributed by atoms with E-state index in [9.17, 15) is 0 Å². The summed E-state index contributed by atoms with van der Waals surface area (Å²) in [6.07, 6.45) is 23.5. The summed E-state index contributed by atoms with van der Waals surface area (Å²) in [6.45, 7) is 96.3. The molecule has 3 fully saturated rings. The normalized spacial score (nSPS) is 23.9. The molecule has 10 atom stereocenters. The van der Waals surface area contributed by atoms with Gasteiger partial charge in [0.05, 0.1) is 0 Å². The van der Waals surface area contributed by atoms with Crippen molar-refractivity contribution in [2.24, 2.45) is 0 Å². The third kappa shape index (κ3) is 30.7. The molecule has 0 bridgehead atoms. The zero-order valence-corrected chi connectivity index (χ0v) is 101. The zero-order valence-electron chi connectivity index (χ0n) is 96.6. The fourth-order valence-corrected chi connectivity index (χ4v) is 33.3. The van der Waals surface area contributed by atoms with Gasteiger partial charge in [-0.05, 0) is 137 Å². The molecule has 0 N–H and O–H groups in total. The summed E-state index contributed by atoms with van der Waals surface area (Å²) >= 11 is 4.37. The molecule has 0 saturated heterocycles. The Balaban J connectivity index is 0.000000215. The van der Waals surface area contributed by atoms with E-state index < -0.39 is 17.4 Å². The van der Waals surface area contributed by atoms with Crippen LogP contribution in [0.5, 0.6) is 34.5 Å². The van der Waals surface area contributed by atoms with E-state index in [0.29, 0.717) is 31.5 Å². The van der Waals surface area contributed by atoms with Crippen molar-refractivity contribution in [1.29, 1.82) is 0 Å². The largest absolute Gasteiger partial charge is 0.452 e. The van der Waals surface area contributed by atoms with Crippen LogP contribution in [-0.4, -0.2) is 72.3 Å². The second kappa shape index (κ2) is 43.9. The van der Waals surface area contributed by atoms with Gasteiger partial charge in [-0.15, -0.1) is 0 Å². The van der Waals surface area contributed by atoms with Crippen LogP contribution in [-0.2, 0) is 99.5 Å². The van der Waals surface area contributed by atoms with E-state index in [4.69, 9.17) is 51.9 Å². The van der Waals surface area contributed by atoms with Gasteiger partial charge >= 0.3 is 0 Å². The van der Waals surface area contributed by atoms with Gasteiger partial charge in [-0.1, -0.05) is 423 Å². The van der Waals surface area contributed by atoms with Crippen LogP contribution in [0.1, 0.15) is 507 Å². The first kappa shape index (κ1) is 117. The molecule has 3 aliphatic carbocycles. The minimum atomic E-state index is -0.897. The van der Waals surface area contributed by atoms with Crippen LogP contribution in [0.25, 0.3) is 0 Å². The lowest BCUT2D eigenvalue weighted by atomic mass is 9.79. The molecule has 3 heterocycles. The van der Waals surface area contributed by atoms with E-state index in [2.05, 4.69) is 387 Å². The third-order valence-electron chi connectivity index (χ3n) is 29.5. The summed E-state index contributed by atoms with van der Waals surface area (Å²) in [5, 5.41) is 3.51. The molecule has 0 amide bonds. The van der Waals surface area contributed by atoms with E-state index in [1.807, 2.05) is 0 Å². The molecule has 6 aliphatic rings. The fraction of sp³-hybridized carbons (Fsp3) is 0.685. The molecule has 6 aromatic rings. The van der Waals surface area contributed by atoms with Crippen LogP contribution < -0.4 is 28.4 Å². The molecule has 6 nitrogen and oxygen atoms in total. The molecule has 3 aliphatic heterocycles. The average Bonchev–Trinajstić information content (AvgIpc) is 1.73. The Morgan fingerprint density at radius 3 is 0.525 bits per heavy atom. The second-order valence-corrected chi connectivity index (χ2v) is 66.8. The van der Waals surface area contributed by atoms with Crippen LogP contribution in [0.2, 0.25) is 0 Å². The van der Waals surface area contributed by atoms with Gasteiger partial charge in [-0.2, -0.15) is 65.5 Å². The molecular formula is C127H200O6S6. The van der Waals surface area contributed by atoms with E-state index in [0.717, 1.165) is 69.0 Å². The smallest absolute Gasteiger partial charge is 0.245 e. The second-order valence-electron chi connectivity index (χ2n) is 56.4. The first-order valence-electron chi connectivity index (χ1n) is 53.7. The van der Waals surface area contributed by atoms with Crippen LogP contribution in [0, 0.1) is 0 Å². The molecule has 3 saturated carbocycles. The Bertz CT molecular complexity index is 4790. The van der Waals surface area contributed by atoms with Crippen molar-refractivity contribution in [3.63, 3.8) is 0 Å². The van der Waals surface area contributed by atoms with Gasteiger partial charge in [0.1, 0.15) is 34.5 Å². The molecule has 0 aromatic heterocycles. The van der Waals surface area contributed by atoms with Crippen molar-refractivity contribution < 1.29 is 28.4 Å². The molecule has 6 aromatic carbocycles.